The molecule has 0 atom stereocenters. The summed E-state index contributed by atoms with van der Waals surface area (Å²) in [5.74, 6) is 0.0509. The summed E-state index contributed by atoms with van der Waals surface area (Å²) in [4.78, 5) is 14.5. The van der Waals surface area contributed by atoms with E-state index in [9.17, 15) is 4.79 Å². The molecule has 0 spiro atoms. The molecular weight excluding hydrogens is 224 g/mol. The lowest BCUT2D eigenvalue weighted by atomic mass is 9.76. The lowest BCUT2D eigenvalue weighted by molar-refractivity contribution is 0.0481. The molecule has 2 N–H and O–H groups in total. The highest BCUT2D eigenvalue weighted by Gasteiger charge is 2.41. The lowest BCUT2D eigenvalue weighted by Gasteiger charge is -2.46. The lowest BCUT2D eigenvalue weighted by Crippen LogP contribution is -2.54. The van der Waals surface area contributed by atoms with Crippen LogP contribution in [-0.2, 0) is 5.41 Å². The zero-order valence-electron chi connectivity index (χ0n) is 11.9. The highest BCUT2D eigenvalue weighted by atomic mass is 16.2. The molecule has 0 radical (unpaired) electrons. The first-order chi connectivity index (χ1) is 8.14. The van der Waals surface area contributed by atoms with E-state index in [2.05, 4.69) is 34.6 Å². The fraction of sp³-hybridized carbons (Fsp3) is 0.533. The van der Waals surface area contributed by atoms with Gasteiger partial charge >= 0.3 is 0 Å². The molecule has 18 heavy (non-hydrogen) atoms. The zero-order chi connectivity index (χ0) is 13.7. The number of benzene rings is 1. The fourth-order valence-corrected chi connectivity index (χ4v) is 2.60. The van der Waals surface area contributed by atoms with Gasteiger partial charge < -0.3 is 10.6 Å². The topological polar surface area (TPSA) is 46.3 Å². The number of carbonyl (C=O) groups is 1. The zero-order valence-corrected chi connectivity index (χ0v) is 11.9. The van der Waals surface area contributed by atoms with E-state index in [0.29, 0.717) is 11.3 Å². The van der Waals surface area contributed by atoms with Gasteiger partial charge in [0.1, 0.15) is 0 Å². The first kappa shape index (κ1) is 12.9. The number of nitrogen functional groups attached to an aromatic ring is 1. The van der Waals surface area contributed by atoms with Crippen molar-refractivity contribution in [2.75, 3.05) is 12.3 Å². The van der Waals surface area contributed by atoms with Crippen molar-refractivity contribution in [3.05, 3.63) is 29.3 Å². The SMILES string of the molecule is CC1(C)CN(C(C)(C)C)C(=O)c2c(N)cccc21. The van der Waals surface area contributed by atoms with E-state index in [1.54, 1.807) is 6.07 Å². The van der Waals surface area contributed by atoms with Crippen LogP contribution in [0.15, 0.2) is 18.2 Å². The van der Waals surface area contributed by atoms with Gasteiger partial charge in [-0.05, 0) is 32.4 Å². The molecule has 1 aromatic rings. The molecule has 3 nitrogen and oxygen atoms in total. The van der Waals surface area contributed by atoms with Crippen LogP contribution in [0.3, 0.4) is 0 Å². The second kappa shape index (κ2) is 3.74. The van der Waals surface area contributed by atoms with Crippen molar-refractivity contribution < 1.29 is 4.79 Å². The summed E-state index contributed by atoms with van der Waals surface area (Å²) in [7, 11) is 0. The molecule has 3 heteroatoms. The molecule has 1 amide bonds. The van der Waals surface area contributed by atoms with Crippen LogP contribution < -0.4 is 5.73 Å². The Bertz CT molecular complexity index is 498. The molecule has 1 heterocycles. The largest absolute Gasteiger partial charge is 0.398 e. The average molecular weight is 246 g/mol. The van der Waals surface area contributed by atoms with Gasteiger partial charge in [-0.1, -0.05) is 26.0 Å². The smallest absolute Gasteiger partial charge is 0.256 e. The second-order valence-corrected chi connectivity index (χ2v) is 6.72. The quantitative estimate of drug-likeness (QED) is 0.715. The summed E-state index contributed by atoms with van der Waals surface area (Å²) < 4.78 is 0. The van der Waals surface area contributed by atoms with E-state index in [4.69, 9.17) is 5.73 Å². The average Bonchev–Trinajstić information content (AvgIpc) is 2.22. The van der Waals surface area contributed by atoms with Crippen molar-refractivity contribution in [2.45, 2.75) is 45.6 Å². The van der Waals surface area contributed by atoms with Crippen molar-refractivity contribution >= 4 is 11.6 Å². The van der Waals surface area contributed by atoms with Crippen LogP contribution in [0.5, 0.6) is 0 Å². The van der Waals surface area contributed by atoms with Gasteiger partial charge in [0.15, 0.2) is 0 Å². The molecule has 0 bridgehead atoms. The van der Waals surface area contributed by atoms with Gasteiger partial charge in [0.2, 0.25) is 0 Å². The minimum absolute atomic E-state index is 0.0509. The molecule has 0 aromatic heterocycles. The molecule has 0 unspecified atom stereocenters. The third-order valence-electron chi connectivity index (χ3n) is 3.65. The van der Waals surface area contributed by atoms with Crippen LogP contribution in [0, 0.1) is 0 Å². The molecular formula is C15H22N2O. The standard InChI is InChI=1S/C15H22N2O/c1-14(2,3)17-9-15(4,5)10-7-6-8-11(16)12(10)13(17)18/h6-8H,9,16H2,1-5H3. The summed E-state index contributed by atoms with van der Waals surface area (Å²) >= 11 is 0. The van der Waals surface area contributed by atoms with Gasteiger partial charge in [-0.2, -0.15) is 0 Å². The fourth-order valence-electron chi connectivity index (χ4n) is 2.60. The molecule has 2 rings (SSSR count). The van der Waals surface area contributed by atoms with Crippen LogP contribution in [0.25, 0.3) is 0 Å². The number of nitrogens with zero attached hydrogens (tertiary/aromatic N) is 1. The van der Waals surface area contributed by atoms with Gasteiger partial charge in [0.05, 0.1) is 5.56 Å². The number of hydrogen-bond acceptors (Lipinski definition) is 2. The molecule has 1 aromatic carbocycles. The number of fused-ring (bicyclic) bond motifs is 1. The molecule has 1 aliphatic heterocycles. The van der Waals surface area contributed by atoms with Crippen LogP contribution >= 0.6 is 0 Å². The van der Waals surface area contributed by atoms with Crippen molar-refractivity contribution in [3.8, 4) is 0 Å². The van der Waals surface area contributed by atoms with Gasteiger partial charge in [-0.15, -0.1) is 0 Å². The second-order valence-electron chi connectivity index (χ2n) is 6.72. The van der Waals surface area contributed by atoms with E-state index >= 15 is 0 Å². The Balaban J connectivity index is 2.64. The third kappa shape index (κ3) is 1.88. The van der Waals surface area contributed by atoms with Crippen LogP contribution in [0.2, 0.25) is 0 Å². The van der Waals surface area contributed by atoms with Gasteiger partial charge in [-0.3, -0.25) is 4.79 Å². The third-order valence-corrected chi connectivity index (χ3v) is 3.65. The summed E-state index contributed by atoms with van der Waals surface area (Å²) in [5, 5.41) is 0. The maximum atomic E-state index is 12.6. The summed E-state index contributed by atoms with van der Waals surface area (Å²) in [6.07, 6.45) is 0. The Labute approximate surface area is 109 Å². The van der Waals surface area contributed by atoms with Crippen LogP contribution in [0.4, 0.5) is 5.69 Å². The molecule has 0 saturated heterocycles. The van der Waals surface area contributed by atoms with Gasteiger partial charge in [0.25, 0.3) is 5.91 Å². The van der Waals surface area contributed by atoms with Crippen LogP contribution in [0.1, 0.15) is 50.5 Å². The molecule has 0 fully saturated rings. The maximum Gasteiger partial charge on any atom is 0.256 e. The predicted octanol–water partition coefficient (Wildman–Crippen LogP) is 2.80. The van der Waals surface area contributed by atoms with Crippen molar-refractivity contribution in [3.63, 3.8) is 0 Å². The number of nitrogens with two attached hydrogens (primary N) is 1. The van der Waals surface area contributed by atoms with E-state index in [1.165, 1.54) is 0 Å². The van der Waals surface area contributed by atoms with Crippen molar-refractivity contribution in [1.82, 2.24) is 4.90 Å². The van der Waals surface area contributed by atoms with Crippen molar-refractivity contribution in [1.29, 1.82) is 0 Å². The number of carbonyl (C=O) groups excluding carboxylic acids is 1. The first-order valence-corrected chi connectivity index (χ1v) is 6.35. The molecule has 98 valence electrons. The Kier molecular flexibility index (Phi) is 2.69. The van der Waals surface area contributed by atoms with E-state index in [1.807, 2.05) is 17.0 Å². The summed E-state index contributed by atoms with van der Waals surface area (Å²) in [6.45, 7) is 11.2. The number of anilines is 1. The first-order valence-electron chi connectivity index (χ1n) is 6.35. The van der Waals surface area contributed by atoms with E-state index < -0.39 is 0 Å². The molecule has 0 saturated carbocycles. The number of rotatable bonds is 0. The Morgan fingerprint density at radius 3 is 2.44 bits per heavy atom. The summed E-state index contributed by atoms with van der Waals surface area (Å²) in [6, 6.07) is 5.75. The number of hydrogen-bond donors (Lipinski definition) is 1. The van der Waals surface area contributed by atoms with E-state index in [0.717, 1.165) is 12.1 Å². The highest BCUT2D eigenvalue weighted by molar-refractivity contribution is 6.02. The Morgan fingerprint density at radius 2 is 1.89 bits per heavy atom. The minimum Gasteiger partial charge on any atom is -0.398 e. The number of amides is 1. The summed E-state index contributed by atoms with van der Waals surface area (Å²) in [5.41, 5.74) is 8.09. The molecule has 0 aliphatic carbocycles. The van der Waals surface area contributed by atoms with Crippen LogP contribution in [-0.4, -0.2) is 22.9 Å². The predicted molar refractivity (Wildman–Crippen MR) is 74.7 cm³/mol. The Hall–Kier alpha value is -1.51. The highest BCUT2D eigenvalue weighted by Crippen LogP contribution is 2.38. The molecule has 1 aliphatic rings. The van der Waals surface area contributed by atoms with Crippen molar-refractivity contribution in [2.24, 2.45) is 0 Å². The van der Waals surface area contributed by atoms with E-state index in [-0.39, 0.29) is 16.9 Å². The van der Waals surface area contributed by atoms with Gasteiger partial charge in [0, 0.05) is 23.2 Å². The minimum atomic E-state index is -0.186. The monoisotopic (exact) mass is 246 g/mol. The normalized spacial score (nSPS) is 18.7. The Morgan fingerprint density at radius 1 is 1.28 bits per heavy atom. The maximum absolute atomic E-state index is 12.6. The van der Waals surface area contributed by atoms with Gasteiger partial charge in [-0.25, -0.2) is 0 Å².